The van der Waals surface area contributed by atoms with E-state index in [1.807, 2.05) is 42.7 Å². The SMILES string of the molecule is CCOC(=O)CN1C(=O)S/C(=C/c2cc(C)n(-c3ccc4c(c3)OCO4)c2C)C1=O. The molecule has 8 nitrogen and oxygen atoms in total. The molecule has 3 heterocycles. The van der Waals surface area contributed by atoms with Crippen LogP contribution < -0.4 is 9.47 Å². The predicted octanol–water partition coefficient (Wildman–Crippen LogP) is 3.42. The number of amides is 2. The topological polar surface area (TPSA) is 87.1 Å². The molecule has 0 radical (unpaired) electrons. The van der Waals surface area contributed by atoms with Gasteiger partial charge in [-0.25, -0.2) is 0 Å². The van der Waals surface area contributed by atoms with Gasteiger partial charge in [0, 0.05) is 23.1 Å². The molecule has 2 amide bonds. The van der Waals surface area contributed by atoms with Crippen molar-refractivity contribution in [2.75, 3.05) is 19.9 Å². The van der Waals surface area contributed by atoms with Crippen molar-refractivity contribution in [3.8, 4) is 17.2 Å². The van der Waals surface area contributed by atoms with Gasteiger partial charge in [0.1, 0.15) is 6.54 Å². The summed E-state index contributed by atoms with van der Waals surface area (Å²) in [4.78, 5) is 37.7. The third-order valence-corrected chi connectivity index (χ3v) is 5.74. The van der Waals surface area contributed by atoms with Gasteiger partial charge < -0.3 is 18.8 Å². The smallest absolute Gasteiger partial charge is 0.326 e. The molecule has 1 saturated heterocycles. The average Bonchev–Trinajstić information content (AvgIpc) is 3.35. The van der Waals surface area contributed by atoms with Gasteiger partial charge in [0.2, 0.25) is 6.79 Å². The van der Waals surface area contributed by atoms with Crippen molar-refractivity contribution < 1.29 is 28.6 Å². The summed E-state index contributed by atoms with van der Waals surface area (Å²) in [5.74, 6) is 0.284. The lowest BCUT2D eigenvalue weighted by atomic mass is 10.2. The van der Waals surface area contributed by atoms with Crippen LogP contribution in [-0.4, -0.2) is 46.5 Å². The Balaban J connectivity index is 1.62. The van der Waals surface area contributed by atoms with Crippen LogP contribution in [0.2, 0.25) is 0 Å². The second-order valence-electron chi connectivity index (χ2n) is 6.77. The molecular formula is C21H20N2O6S. The summed E-state index contributed by atoms with van der Waals surface area (Å²) >= 11 is 0.818. The first kappa shape index (κ1) is 20.1. The van der Waals surface area contributed by atoms with E-state index in [1.54, 1.807) is 13.0 Å². The van der Waals surface area contributed by atoms with Gasteiger partial charge in [-0.2, -0.15) is 0 Å². The molecule has 0 unspecified atom stereocenters. The standard InChI is InChI=1S/C21H20N2O6S/c1-4-27-19(24)10-22-20(25)18(30-21(22)26)8-14-7-12(2)23(13(14)3)15-5-6-16-17(9-15)29-11-28-16/h5-9H,4,10-11H2,1-3H3/b18-8+. The summed E-state index contributed by atoms with van der Waals surface area (Å²) in [6.45, 7) is 5.58. The molecule has 9 heteroatoms. The molecular weight excluding hydrogens is 408 g/mol. The number of carbonyl (C=O) groups is 3. The highest BCUT2D eigenvalue weighted by atomic mass is 32.2. The van der Waals surface area contributed by atoms with Gasteiger partial charge in [0.15, 0.2) is 11.5 Å². The summed E-state index contributed by atoms with van der Waals surface area (Å²) in [5, 5.41) is -0.483. The van der Waals surface area contributed by atoms with E-state index in [9.17, 15) is 14.4 Å². The largest absolute Gasteiger partial charge is 0.465 e. The summed E-state index contributed by atoms with van der Waals surface area (Å²) in [5.41, 5.74) is 3.59. The van der Waals surface area contributed by atoms with Crippen LogP contribution in [0.4, 0.5) is 4.79 Å². The van der Waals surface area contributed by atoms with Crippen molar-refractivity contribution in [3.63, 3.8) is 0 Å². The summed E-state index contributed by atoms with van der Waals surface area (Å²) in [7, 11) is 0. The molecule has 0 bridgehead atoms. The predicted molar refractivity (Wildman–Crippen MR) is 111 cm³/mol. The molecule has 2 aromatic rings. The van der Waals surface area contributed by atoms with Crippen LogP contribution in [0.5, 0.6) is 11.5 Å². The Bertz CT molecular complexity index is 1090. The molecule has 2 aliphatic rings. The summed E-state index contributed by atoms with van der Waals surface area (Å²) in [6, 6.07) is 7.64. The van der Waals surface area contributed by atoms with Gasteiger partial charge in [0.25, 0.3) is 11.1 Å². The van der Waals surface area contributed by atoms with Crippen LogP contribution in [0, 0.1) is 13.8 Å². The van der Waals surface area contributed by atoms with E-state index in [2.05, 4.69) is 0 Å². The van der Waals surface area contributed by atoms with Crippen LogP contribution in [0.25, 0.3) is 11.8 Å². The quantitative estimate of drug-likeness (QED) is 0.533. The van der Waals surface area contributed by atoms with Crippen molar-refractivity contribution >= 4 is 35.0 Å². The van der Waals surface area contributed by atoms with E-state index in [1.165, 1.54) is 0 Å². The number of aromatic nitrogens is 1. The second kappa shape index (κ2) is 7.91. The lowest BCUT2D eigenvalue weighted by Crippen LogP contribution is -2.34. The Morgan fingerprint density at radius 1 is 1.20 bits per heavy atom. The van der Waals surface area contributed by atoms with Crippen LogP contribution in [0.3, 0.4) is 0 Å². The normalized spacial score (nSPS) is 16.6. The molecule has 0 saturated carbocycles. The summed E-state index contributed by atoms with van der Waals surface area (Å²) in [6.07, 6.45) is 1.68. The molecule has 0 aliphatic carbocycles. The van der Waals surface area contributed by atoms with Gasteiger partial charge in [-0.1, -0.05) is 0 Å². The molecule has 1 aromatic heterocycles. The molecule has 0 N–H and O–H groups in total. The number of ether oxygens (including phenoxy) is 3. The van der Waals surface area contributed by atoms with Crippen LogP contribution >= 0.6 is 11.8 Å². The van der Waals surface area contributed by atoms with Crippen molar-refractivity contribution in [1.29, 1.82) is 0 Å². The number of nitrogens with zero attached hydrogens (tertiary/aromatic N) is 2. The fraction of sp³-hybridized carbons (Fsp3) is 0.286. The van der Waals surface area contributed by atoms with Crippen molar-refractivity contribution in [2.24, 2.45) is 0 Å². The van der Waals surface area contributed by atoms with Crippen molar-refractivity contribution in [3.05, 3.63) is 46.1 Å². The zero-order valence-corrected chi connectivity index (χ0v) is 17.6. The number of carbonyl (C=O) groups excluding carboxylic acids is 3. The van der Waals surface area contributed by atoms with Crippen LogP contribution in [0.15, 0.2) is 29.2 Å². The van der Waals surface area contributed by atoms with E-state index in [0.29, 0.717) is 11.5 Å². The van der Waals surface area contributed by atoms with Gasteiger partial charge in [0.05, 0.1) is 11.5 Å². The Labute approximate surface area is 177 Å². The Morgan fingerprint density at radius 2 is 1.97 bits per heavy atom. The minimum atomic E-state index is -0.609. The highest BCUT2D eigenvalue weighted by molar-refractivity contribution is 8.18. The highest BCUT2D eigenvalue weighted by Crippen LogP contribution is 2.36. The van der Waals surface area contributed by atoms with E-state index in [0.717, 1.165) is 39.3 Å². The number of aryl methyl sites for hydroxylation is 1. The molecule has 30 heavy (non-hydrogen) atoms. The van der Waals surface area contributed by atoms with E-state index in [4.69, 9.17) is 14.2 Å². The Kier molecular flexibility index (Phi) is 5.29. The van der Waals surface area contributed by atoms with Crippen LogP contribution in [-0.2, 0) is 14.3 Å². The molecule has 1 fully saturated rings. The Morgan fingerprint density at radius 3 is 2.73 bits per heavy atom. The minimum Gasteiger partial charge on any atom is -0.465 e. The third-order valence-electron chi connectivity index (χ3n) is 4.84. The molecule has 4 rings (SSSR count). The van der Waals surface area contributed by atoms with E-state index in [-0.39, 0.29) is 24.8 Å². The molecule has 0 atom stereocenters. The van der Waals surface area contributed by atoms with E-state index >= 15 is 0 Å². The summed E-state index contributed by atoms with van der Waals surface area (Å²) < 4.78 is 17.7. The van der Waals surface area contributed by atoms with Gasteiger partial charge >= 0.3 is 5.97 Å². The third kappa shape index (κ3) is 3.56. The number of hydrogen-bond donors (Lipinski definition) is 0. The van der Waals surface area contributed by atoms with Crippen LogP contribution in [0.1, 0.15) is 23.9 Å². The lowest BCUT2D eigenvalue weighted by molar-refractivity contribution is -0.145. The number of benzene rings is 1. The molecule has 1 aromatic carbocycles. The van der Waals surface area contributed by atoms with Gasteiger partial charge in [-0.05, 0) is 62.4 Å². The first-order chi connectivity index (χ1) is 14.4. The lowest BCUT2D eigenvalue weighted by Gasteiger charge is -2.11. The first-order valence-electron chi connectivity index (χ1n) is 9.39. The van der Waals surface area contributed by atoms with Crippen molar-refractivity contribution in [2.45, 2.75) is 20.8 Å². The minimum absolute atomic E-state index is 0.191. The number of hydrogen-bond acceptors (Lipinski definition) is 7. The number of thioether (sulfide) groups is 1. The molecule has 0 spiro atoms. The number of imide groups is 1. The average molecular weight is 428 g/mol. The highest BCUT2D eigenvalue weighted by Gasteiger charge is 2.36. The number of esters is 1. The van der Waals surface area contributed by atoms with E-state index < -0.39 is 17.1 Å². The fourth-order valence-electron chi connectivity index (χ4n) is 3.47. The maximum Gasteiger partial charge on any atom is 0.326 e. The monoisotopic (exact) mass is 428 g/mol. The zero-order valence-electron chi connectivity index (χ0n) is 16.8. The molecule has 156 valence electrons. The number of fused-ring (bicyclic) bond motifs is 1. The second-order valence-corrected chi connectivity index (χ2v) is 7.77. The maximum absolute atomic E-state index is 12.6. The first-order valence-corrected chi connectivity index (χ1v) is 10.2. The van der Waals surface area contributed by atoms with Crippen molar-refractivity contribution in [1.82, 2.24) is 9.47 Å². The Hall–Kier alpha value is -3.20. The maximum atomic E-state index is 12.6. The van der Waals surface area contributed by atoms with Gasteiger partial charge in [-0.15, -0.1) is 0 Å². The fourth-order valence-corrected chi connectivity index (χ4v) is 4.30. The number of rotatable bonds is 5. The zero-order chi connectivity index (χ0) is 21.4. The van der Waals surface area contributed by atoms with Gasteiger partial charge in [-0.3, -0.25) is 19.3 Å². The molecule has 2 aliphatic heterocycles.